The summed E-state index contributed by atoms with van der Waals surface area (Å²) in [7, 11) is 0. The van der Waals surface area contributed by atoms with E-state index >= 15 is 0 Å². The van der Waals surface area contributed by atoms with E-state index in [0.717, 1.165) is 29.5 Å². The van der Waals surface area contributed by atoms with Gasteiger partial charge in [0, 0.05) is 24.5 Å². The minimum atomic E-state index is -0.682. The van der Waals surface area contributed by atoms with Gasteiger partial charge in [-0.2, -0.15) is 0 Å². The van der Waals surface area contributed by atoms with Gasteiger partial charge >= 0.3 is 0 Å². The summed E-state index contributed by atoms with van der Waals surface area (Å²) in [6.45, 7) is 4.69. The topological polar surface area (TPSA) is 58.6 Å². The molecule has 0 aliphatic carbocycles. The molecule has 0 bridgehead atoms. The summed E-state index contributed by atoms with van der Waals surface area (Å²) in [5, 5.41) is 3.64. The summed E-state index contributed by atoms with van der Waals surface area (Å²) in [5.41, 5.74) is 2.82. The number of rotatable bonds is 12. The monoisotopic (exact) mass is 492 g/mol. The highest BCUT2D eigenvalue weighted by molar-refractivity contribution is 6.30. The van der Waals surface area contributed by atoms with Crippen LogP contribution in [0.3, 0.4) is 0 Å². The molecule has 3 aromatic carbocycles. The zero-order valence-corrected chi connectivity index (χ0v) is 21.1. The molecule has 5 nitrogen and oxygen atoms in total. The molecule has 0 aliphatic heterocycles. The smallest absolute Gasteiger partial charge is 0.261 e. The fourth-order valence-electron chi connectivity index (χ4n) is 3.79. The lowest BCUT2D eigenvalue weighted by Gasteiger charge is -2.31. The number of hydrogen-bond donors (Lipinski definition) is 1. The van der Waals surface area contributed by atoms with Crippen LogP contribution in [0.4, 0.5) is 0 Å². The number of carbonyl (C=O) groups is 2. The molecular formula is C29H33ClN2O3. The summed E-state index contributed by atoms with van der Waals surface area (Å²) in [5.74, 6) is 0.231. The fourth-order valence-corrected chi connectivity index (χ4v) is 3.91. The van der Waals surface area contributed by atoms with Crippen LogP contribution in [0, 0.1) is 6.92 Å². The zero-order chi connectivity index (χ0) is 25.0. The molecule has 0 spiro atoms. The standard InChI is InChI=1S/C29H33ClN2O3/c1-3-4-18-31-29(34)26(19-23-11-6-5-7-12-23)32(20-24-14-16-25(30)17-15-24)28(33)21-35-27-13-9-8-10-22(27)2/h5-17,26H,3-4,18-21H2,1-2H3,(H,31,34)/t26-/m1/s1. The van der Waals surface area contributed by atoms with Crippen LogP contribution < -0.4 is 10.1 Å². The largest absolute Gasteiger partial charge is 0.484 e. The van der Waals surface area contributed by atoms with Crippen LogP contribution in [0.2, 0.25) is 5.02 Å². The van der Waals surface area contributed by atoms with Gasteiger partial charge in [-0.25, -0.2) is 0 Å². The van der Waals surface area contributed by atoms with E-state index < -0.39 is 6.04 Å². The van der Waals surface area contributed by atoms with Gasteiger partial charge in [0.25, 0.3) is 5.91 Å². The van der Waals surface area contributed by atoms with E-state index in [-0.39, 0.29) is 25.0 Å². The maximum Gasteiger partial charge on any atom is 0.261 e. The Balaban J connectivity index is 1.88. The number of hydrogen-bond acceptors (Lipinski definition) is 3. The molecule has 0 fully saturated rings. The summed E-state index contributed by atoms with van der Waals surface area (Å²) in [6.07, 6.45) is 2.26. The van der Waals surface area contributed by atoms with Crippen LogP contribution in [-0.4, -0.2) is 35.9 Å². The minimum Gasteiger partial charge on any atom is -0.484 e. The molecule has 2 amide bonds. The summed E-state index contributed by atoms with van der Waals surface area (Å²) < 4.78 is 5.87. The number of aryl methyl sites for hydroxylation is 1. The van der Waals surface area contributed by atoms with Gasteiger partial charge in [0.1, 0.15) is 11.8 Å². The number of halogens is 1. The second kappa shape index (κ2) is 13.5. The molecular weight excluding hydrogens is 460 g/mol. The third-order valence-electron chi connectivity index (χ3n) is 5.81. The molecule has 1 atom stereocenters. The maximum absolute atomic E-state index is 13.6. The number of amides is 2. The van der Waals surface area contributed by atoms with Crippen molar-refractivity contribution < 1.29 is 14.3 Å². The van der Waals surface area contributed by atoms with Crippen molar-refractivity contribution in [2.75, 3.05) is 13.2 Å². The van der Waals surface area contributed by atoms with Gasteiger partial charge in [0.05, 0.1) is 0 Å². The highest BCUT2D eigenvalue weighted by Crippen LogP contribution is 2.19. The second-order valence-corrected chi connectivity index (χ2v) is 8.99. The first-order chi connectivity index (χ1) is 17.0. The minimum absolute atomic E-state index is 0.161. The summed E-state index contributed by atoms with van der Waals surface area (Å²) >= 11 is 6.07. The average Bonchev–Trinajstić information content (AvgIpc) is 2.87. The Labute approximate surface area is 213 Å². The predicted octanol–water partition coefficient (Wildman–Crippen LogP) is 5.58. The molecule has 0 radical (unpaired) electrons. The number of para-hydroxylation sites is 1. The molecule has 3 rings (SSSR count). The fraction of sp³-hybridized carbons (Fsp3) is 0.310. The number of carbonyl (C=O) groups excluding carboxylic acids is 2. The van der Waals surface area contributed by atoms with Crippen molar-refractivity contribution in [2.45, 2.75) is 45.7 Å². The van der Waals surface area contributed by atoms with Crippen molar-refractivity contribution in [3.63, 3.8) is 0 Å². The van der Waals surface area contributed by atoms with Gasteiger partial charge < -0.3 is 15.0 Å². The SMILES string of the molecule is CCCCNC(=O)[C@@H](Cc1ccccc1)N(Cc1ccc(Cl)cc1)C(=O)COc1ccccc1C. The van der Waals surface area contributed by atoms with Crippen molar-refractivity contribution in [1.29, 1.82) is 0 Å². The van der Waals surface area contributed by atoms with E-state index in [1.807, 2.05) is 73.7 Å². The molecule has 0 heterocycles. The van der Waals surface area contributed by atoms with Gasteiger partial charge in [0.15, 0.2) is 6.61 Å². The molecule has 0 aliphatic rings. The van der Waals surface area contributed by atoms with Gasteiger partial charge in [0.2, 0.25) is 5.91 Å². The summed E-state index contributed by atoms with van der Waals surface area (Å²) in [6, 6.07) is 24.0. The Hall–Kier alpha value is -3.31. The number of unbranched alkanes of at least 4 members (excludes halogenated alkanes) is 1. The van der Waals surface area contributed by atoms with Crippen LogP contribution in [0.15, 0.2) is 78.9 Å². The van der Waals surface area contributed by atoms with E-state index in [0.29, 0.717) is 23.7 Å². The van der Waals surface area contributed by atoms with Crippen molar-refractivity contribution >= 4 is 23.4 Å². The van der Waals surface area contributed by atoms with Crippen molar-refractivity contribution in [1.82, 2.24) is 10.2 Å². The van der Waals surface area contributed by atoms with Crippen molar-refractivity contribution in [2.24, 2.45) is 0 Å². The number of benzene rings is 3. The Morgan fingerprint density at radius 1 is 0.943 bits per heavy atom. The van der Waals surface area contributed by atoms with Crippen molar-refractivity contribution in [3.05, 3.63) is 101 Å². The van der Waals surface area contributed by atoms with E-state index in [1.165, 1.54) is 0 Å². The molecule has 0 aromatic heterocycles. The first-order valence-electron chi connectivity index (χ1n) is 12.0. The molecule has 0 saturated carbocycles. The lowest BCUT2D eigenvalue weighted by molar-refractivity contribution is -0.142. The Kier molecular flexibility index (Phi) is 10.2. The second-order valence-electron chi connectivity index (χ2n) is 8.55. The zero-order valence-electron chi connectivity index (χ0n) is 20.4. The molecule has 1 N–H and O–H groups in total. The number of ether oxygens (including phenoxy) is 1. The summed E-state index contributed by atoms with van der Waals surface area (Å²) in [4.78, 5) is 28.6. The van der Waals surface area contributed by atoms with E-state index in [4.69, 9.17) is 16.3 Å². The van der Waals surface area contributed by atoms with Gasteiger partial charge in [-0.1, -0.05) is 85.6 Å². The highest BCUT2D eigenvalue weighted by Gasteiger charge is 2.30. The Morgan fingerprint density at radius 2 is 1.63 bits per heavy atom. The quantitative estimate of drug-likeness (QED) is 0.335. The van der Waals surface area contributed by atoms with Crippen molar-refractivity contribution in [3.8, 4) is 5.75 Å². The normalized spacial score (nSPS) is 11.5. The first-order valence-corrected chi connectivity index (χ1v) is 12.4. The van der Waals surface area contributed by atoms with Gasteiger partial charge in [-0.05, 0) is 48.2 Å². The van der Waals surface area contributed by atoms with E-state index in [2.05, 4.69) is 12.2 Å². The van der Waals surface area contributed by atoms with Crippen LogP contribution in [0.1, 0.15) is 36.5 Å². The van der Waals surface area contributed by atoms with Gasteiger partial charge in [-0.15, -0.1) is 0 Å². The highest BCUT2D eigenvalue weighted by atomic mass is 35.5. The van der Waals surface area contributed by atoms with Gasteiger partial charge in [-0.3, -0.25) is 9.59 Å². The third kappa shape index (κ3) is 8.15. The number of nitrogens with zero attached hydrogens (tertiary/aromatic N) is 1. The molecule has 35 heavy (non-hydrogen) atoms. The predicted molar refractivity (Wildman–Crippen MR) is 141 cm³/mol. The van der Waals surface area contributed by atoms with Crippen LogP contribution in [0.25, 0.3) is 0 Å². The Morgan fingerprint density at radius 3 is 2.31 bits per heavy atom. The molecule has 6 heteroatoms. The van der Waals surface area contributed by atoms with E-state index in [1.54, 1.807) is 17.0 Å². The molecule has 3 aromatic rings. The van der Waals surface area contributed by atoms with Crippen LogP contribution in [-0.2, 0) is 22.6 Å². The number of nitrogens with one attached hydrogen (secondary N) is 1. The lowest BCUT2D eigenvalue weighted by Crippen LogP contribution is -2.51. The van der Waals surface area contributed by atoms with Crippen LogP contribution in [0.5, 0.6) is 5.75 Å². The average molecular weight is 493 g/mol. The molecule has 0 unspecified atom stereocenters. The van der Waals surface area contributed by atoms with Crippen LogP contribution >= 0.6 is 11.6 Å². The molecule has 0 saturated heterocycles. The Bertz CT molecular complexity index is 1090. The maximum atomic E-state index is 13.6. The molecule has 184 valence electrons. The van der Waals surface area contributed by atoms with E-state index in [9.17, 15) is 9.59 Å². The first kappa shape index (κ1) is 26.3. The third-order valence-corrected chi connectivity index (χ3v) is 6.06. The lowest BCUT2D eigenvalue weighted by atomic mass is 10.0.